The zero-order chi connectivity index (χ0) is 16.7. The summed E-state index contributed by atoms with van der Waals surface area (Å²) < 4.78 is 0. The molecule has 120 valence electrons. The maximum Gasteiger partial charge on any atom is 0.208 e. The maximum atomic E-state index is 6.15. The summed E-state index contributed by atoms with van der Waals surface area (Å²) in [6, 6.07) is 8.03. The number of aryl methyl sites for hydroxylation is 4. The molecule has 1 fully saturated rings. The normalized spacial score (nSPS) is 14.7. The molecule has 1 heterocycles. The van der Waals surface area contributed by atoms with E-state index in [0.29, 0.717) is 0 Å². The van der Waals surface area contributed by atoms with Crippen molar-refractivity contribution in [3.8, 4) is 0 Å². The molecule has 0 bridgehead atoms. The Morgan fingerprint density at radius 2 is 1.00 bits per heavy atom. The summed E-state index contributed by atoms with van der Waals surface area (Å²) in [4.78, 5) is 4.38. The average Bonchev–Trinajstić information content (AvgIpc) is 2.85. The van der Waals surface area contributed by atoms with E-state index >= 15 is 0 Å². The fraction of sp³-hybridized carbons (Fsp3) is 0.316. The standard InChI is InChI=1S/C19H20Cl2N2/c1-12-7-16(20)8-13(2)18(12)22-5-6-23(11-22)19-14(3)9-17(21)10-15(19)4/h7-10H,5-6H2,1-4H3. The third kappa shape index (κ3) is 3.15. The van der Waals surface area contributed by atoms with E-state index in [1.54, 1.807) is 0 Å². The molecule has 3 rings (SSSR count). The number of halogens is 2. The van der Waals surface area contributed by atoms with Crippen LogP contribution < -0.4 is 9.80 Å². The summed E-state index contributed by atoms with van der Waals surface area (Å²) in [6.07, 6.45) is 0. The van der Waals surface area contributed by atoms with Crippen molar-refractivity contribution in [1.82, 2.24) is 0 Å². The van der Waals surface area contributed by atoms with E-state index in [0.717, 1.165) is 23.1 Å². The summed E-state index contributed by atoms with van der Waals surface area (Å²) >= 11 is 12.3. The molecule has 0 spiro atoms. The highest BCUT2D eigenvalue weighted by atomic mass is 35.5. The van der Waals surface area contributed by atoms with E-state index in [2.05, 4.69) is 44.2 Å². The van der Waals surface area contributed by atoms with E-state index in [-0.39, 0.29) is 0 Å². The molecule has 0 aromatic heterocycles. The lowest BCUT2D eigenvalue weighted by atomic mass is 10.1. The van der Waals surface area contributed by atoms with Crippen LogP contribution in [0.2, 0.25) is 10.0 Å². The third-order valence-electron chi connectivity index (χ3n) is 4.24. The van der Waals surface area contributed by atoms with Crippen LogP contribution in [-0.4, -0.2) is 13.1 Å². The summed E-state index contributed by atoms with van der Waals surface area (Å²) in [7, 11) is 0. The summed E-state index contributed by atoms with van der Waals surface area (Å²) in [5.41, 5.74) is 7.09. The van der Waals surface area contributed by atoms with Gasteiger partial charge in [0.2, 0.25) is 6.67 Å². The molecule has 0 atom stereocenters. The van der Waals surface area contributed by atoms with Crippen molar-refractivity contribution >= 4 is 34.6 Å². The molecule has 0 aliphatic carbocycles. The molecular weight excluding hydrogens is 327 g/mol. The smallest absolute Gasteiger partial charge is 0.208 e. The summed E-state index contributed by atoms with van der Waals surface area (Å²) in [5, 5.41) is 1.56. The van der Waals surface area contributed by atoms with Gasteiger partial charge >= 0.3 is 0 Å². The Labute approximate surface area is 148 Å². The van der Waals surface area contributed by atoms with Gasteiger partial charge < -0.3 is 9.80 Å². The fourth-order valence-electron chi connectivity index (χ4n) is 3.43. The van der Waals surface area contributed by atoms with Gasteiger partial charge in [0, 0.05) is 34.5 Å². The zero-order valence-electron chi connectivity index (χ0n) is 13.9. The Kier molecular flexibility index (Phi) is 4.48. The van der Waals surface area contributed by atoms with Crippen molar-refractivity contribution in [2.75, 3.05) is 22.9 Å². The van der Waals surface area contributed by atoms with Crippen LogP contribution in [0, 0.1) is 34.4 Å². The second kappa shape index (κ2) is 6.26. The number of rotatable bonds is 2. The van der Waals surface area contributed by atoms with Crippen LogP contribution in [0.3, 0.4) is 0 Å². The lowest BCUT2D eigenvalue weighted by molar-refractivity contribution is 1.01. The van der Waals surface area contributed by atoms with Crippen molar-refractivity contribution in [2.24, 2.45) is 0 Å². The number of benzene rings is 2. The highest BCUT2D eigenvalue weighted by Gasteiger charge is 2.27. The first-order valence-electron chi connectivity index (χ1n) is 7.71. The molecule has 4 heteroatoms. The number of hydrogen-bond donors (Lipinski definition) is 0. The van der Waals surface area contributed by atoms with Gasteiger partial charge in [0.25, 0.3) is 0 Å². The number of nitrogens with zero attached hydrogens (tertiary/aromatic N) is 2. The first-order valence-corrected chi connectivity index (χ1v) is 8.47. The van der Waals surface area contributed by atoms with Crippen molar-refractivity contribution in [3.63, 3.8) is 0 Å². The number of anilines is 2. The highest BCUT2D eigenvalue weighted by Crippen LogP contribution is 2.35. The Bertz CT molecular complexity index is 646. The second-order valence-corrected chi connectivity index (χ2v) is 7.05. The third-order valence-corrected chi connectivity index (χ3v) is 4.68. The highest BCUT2D eigenvalue weighted by molar-refractivity contribution is 6.31. The van der Waals surface area contributed by atoms with Gasteiger partial charge in [0.05, 0.1) is 0 Å². The van der Waals surface area contributed by atoms with Crippen LogP contribution in [-0.2, 0) is 0 Å². The zero-order valence-corrected chi connectivity index (χ0v) is 15.4. The minimum Gasteiger partial charge on any atom is -0.339 e. The Morgan fingerprint density at radius 3 is 1.30 bits per heavy atom. The van der Waals surface area contributed by atoms with Crippen LogP contribution in [0.1, 0.15) is 22.3 Å². The average molecular weight is 347 g/mol. The fourth-order valence-corrected chi connectivity index (χ4v) is 4.08. The van der Waals surface area contributed by atoms with Crippen LogP contribution in [0.4, 0.5) is 11.4 Å². The van der Waals surface area contributed by atoms with Crippen molar-refractivity contribution < 1.29 is 0 Å². The minimum absolute atomic E-state index is 0.782. The SMILES string of the molecule is Cc1cc(Cl)cc(C)c1N1[C]N(c2c(C)cc(Cl)cc2C)CC1. The molecule has 0 N–H and O–H groups in total. The second-order valence-electron chi connectivity index (χ2n) is 6.18. The van der Waals surface area contributed by atoms with Gasteiger partial charge in [0.15, 0.2) is 0 Å². The molecule has 1 aliphatic heterocycles. The largest absolute Gasteiger partial charge is 0.339 e. The van der Waals surface area contributed by atoms with Gasteiger partial charge in [-0.1, -0.05) is 23.2 Å². The Morgan fingerprint density at radius 1 is 0.696 bits per heavy atom. The Hall–Kier alpha value is -1.38. The molecule has 2 radical (unpaired) electrons. The van der Waals surface area contributed by atoms with E-state index < -0.39 is 0 Å². The van der Waals surface area contributed by atoms with Gasteiger partial charge in [-0.2, -0.15) is 0 Å². The Balaban J connectivity index is 1.91. The van der Waals surface area contributed by atoms with Gasteiger partial charge in [-0.3, -0.25) is 0 Å². The summed E-state index contributed by atoms with van der Waals surface area (Å²) in [5.74, 6) is 0. The lowest BCUT2D eigenvalue weighted by Gasteiger charge is -2.24. The monoisotopic (exact) mass is 346 g/mol. The predicted molar refractivity (Wildman–Crippen MR) is 99.8 cm³/mol. The number of hydrogen-bond acceptors (Lipinski definition) is 2. The van der Waals surface area contributed by atoms with E-state index in [9.17, 15) is 0 Å². The molecule has 2 aromatic carbocycles. The van der Waals surface area contributed by atoms with Gasteiger partial charge in [0.1, 0.15) is 0 Å². The first-order chi connectivity index (χ1) is 10.9. The molecule has 1 aliphatic rings. The van der Waals surface area contributed by atoms with Crippen molar-refractivity contribution in [1.29, 1.82) is 0 Å². The molecule has 2 aromatic rings. The topological polar surface area (TPSA) is 6.48 Å². The molecule has 0 unspecified atom stereocenters. The van der Waals surface area contributed by atoms with Gasteiger partial charge in [-0.05, 0) is 74.2 Å². The minimum atomic E-state index is 0.782. The van der Waals surface area contributed by atoms with Crippen LogP contribution in [0.25, 0.3) is 0 Å². The summed E-state index contributed by atoms with van der Waals surface area (Å²) in [6.45, 7) is 13.7. The first kappa shape index (κ1) is 16.5. The predicted octanol–water partition coefficient (Wildman–Crippen LogP) is 5.55. The van der Waals surface area contributed by atoms with Crippen LogP contribution in [0.5, 0.6) is 0 Å². The molecule has 0 amide bonds. The molecule has 1 saturated heterocycles. The van der Waals surface area contributed by atoms with Crippen LogP contribution >= 0.6 is 23.2 Å². The van der Waals surface area contributed by atoms with E-state index in [4.69, 9.17) is 23.2 Å². The van der Waals surface area contributed by atoms with E-state index in [1.807, 2.05) is 24.3 Å². The molecule has 0 saturated carbocycles. The van der Waals surface area contributed by atoms with Crippen molar-refractivity contribution in [3.05, 3.63) is 63.2 Å². The van der Waals surface area contributed by atoms with Gasteiger partial charge in [-0.25, -0.2) is 0 Å². The van der Waals surface area contributed by atoms with Crippen molar-refractivity contribution in [2.45, 2.75) is 27.7 Å². The maximum absolute atomic E-state index is 6.15. The van der Waals surface area contributed by atoms with Gasteiger partial charge in [-0.15, -0.1) is 0 Å². The quantitative estimate of drug-likeness (QED) is 0.703. The molecular formula is C19H20Cl2N2. The molecule has 23 heavy (non-hydrogen) atoms. The van der Waals surface area contributed by atoms with E-state index in [1.165, 1.54) is 33.6 Å². The lowest BCUT2D eigenvalue weighted by Crippen LogP contribution is -2.21. The van der Waals surface area contributed by atoms with Crippen LogP contribution in [0.15, 0.2) is 24.3 Å². The molecule has 2 nitrogen and oxygen atoms in total.